The normalized spacial score (nSPS) is 9.00. The number of benzene rings is 1. The summed E-state index contributed by atoms with van der Waals surface area (Å²) in [5.74, 6) is -4.20. The van der Waals surface area contributed by atoms with Gasteiger partial charge in [-0.3, -0.25) is 0 Å². The molecule has 0 saturated heterocycles. The van der Waals surface area contributed by atoms with Crippen molar-refractivity contribution in [2.24, 2.45) is 0 Å². The number of carbonyl (C=O) groups is 3. The van der Waals surface area contributed by atoms with Crippen LogP contribution < -0.4 is 0 Å². The molecule has 0 fully saturated rings. The van der Waals surface area contributed by atoms with Crippen LogP contribution in [-0.4, -0.2) is 62.8 Å². The summed E-state index contributed by atoms with van der Waals surface area (Å²) in [6.07, 6.45) is 0. The van der Waals surface area contributed by atoms with E-state index in [1.165, 1.54) is 0 Å². The summed E-state index contributed by atoms with van der Waals surface area (Å²) in [5, 5.41) is 25.9. The molecule has 0 aliphatic heterocycles. The zero-order valence-corrected chi connectivity index (χ0v) is 7.30. The zero-order chi connectivity index (χ0) is 11.6. The van der Waals surface area contributed by atoms with Gasteiger partial charge in [-0.15, -0.1) is 0 Å². The molecule has 6 nitrogen and oxygen atoms in total. The van der Waals surface area contributed by atoms with Gasteiger partial charge < -0.3 is 15.3 Å². The molecule has 0 aliphatic rings. The van der Waals surface area contributed by atoms with Gasteiger partial charge in [0.15, 0.2) is 0 Å². The summed E-state index contributed by atoms with van der Waals surface area (Å²) >= 11 is 0. The fraction of sp³-hybridized carbons (Fsp3) is 0. The van der Waals surface area contributed by atoms with Crippen LogP contribution in [0, 0.1) is 0 Å². The molecule has 1 aromatic carbocycles. The van der Waals surface area contributed by atoms with Gasteiger partial charge >= 0.3 is 47.5 Å². The van der Waals surface area contributed by atoms with Crippen molar-refractivity contribution in [1.82, 2.24) is 0 Å². The molecule has 80 valence electrons. The van der Waals surface area contributed by atoms with Crippen molar-refractivity contribution < 1.29 is 29.7 Å². The van der Waals surface area contributed by atoms with Gasteiger partial charge in [0.05, 0.1) is 16.7 Å². The molecule has 0 bridgehead atoms. The van der Waals surface area contributed by atoms with E-state index in [1.807, 2.05) is 0 Å². The Hall–Kier alpha value is -1.37. The fourth-order valence-electron chi connectivity index (χ4n) is 1.04. The third-order valence-electron chi connectivity index (χ3n) is 1.73. The first-order valence-electron chi connectivity index (χ1n) is 3.77. The Balaban J connectivity index is 0.00000225. The van der Waals surface area contributed by atoms with Crippen LogP contribution in [0.15, 0.2) is 18.2 Å². The minimum atomic E-state index is -1.48. The Morgan fingerprint density at radius 2 is 1.31 bits per heavy atom. The Labute approximate surface area is 112 Å². The van der Waals surface area contributed by atoms with E-state index in [1.54, 1.807) is 0 Å². The van der Waals surface area contributed by atoms with Crippen molar-refractivity contribution in [2.45, 2.75) is 0 Å². The topological polar surface area (TPSA) is 112 Å². The van der Waals surface area contributed by atoms with Crippen LogP contribution in [0.2, 0.25) is 0 Å². The van der Waals surface area contributed by atoms with Gasteiger partial charge in [-0.1, -0.05) is 0 Å². The SMILES string of the molecule is O=C(O)c1ccc(C(=O)O)c(C(=O)O)c1.[NaH]. The predicted molar refractivity (Wildman–Crippen MR) is 54.5 cm³/mol. The molecule has 0 amide bonds. The zero-order valence-electron chi connectivity index (χ0n) is 7.30. The third kappa shape index (κ3) is 3.06. The summed E-state index contributed by atoms with van der Waals surface area (Å²) in [7, 11) is 0. The molecule has 7 heteroatoms. The molecule has 0 heterocycles. The predicted octanol–water partition coefficient (Wildman–Crippen LogP) is 0.133. The van der Waals surface area contributed by atoms with E-state index in [0.29, 0.717) is 0 Å². The second-order valence-corrected chi connectivity index (χ2v) is 2.68. The van der Waals surface area contributed by atoms with Crippen molar-refractivity contribution in [2.75, 3.05) is 0 Å². The molecule has 0 aliphatic carbocycles. The fourth-order valence-corrected chi connectivity index (χ4v) is 1.04. The van der Waals surface area contributed by atoms with Crippen molar-refractivity contribution >= 4 is 47.5 Å². The Morgan fingerprint density at radius 1 is 0.812 bits per heavy atom. The van der Waals surface area contributed by atoms with Crippen molar-refractivity contribution in [3.05, 3.63) is 34.9 Å². The molecular formula is C9H7NaO6. The molecule has 0 radical (unpaired) electrons. The average molecular weight is 234 g/mol. The molecule has 0 unspecified atom stereocenters. The number of carboxylic acid groups (broad SMARTS) is 3. The van der Waals surface area contributed by atoms with Crippen LogP contribution in [0.4, 0.5) is 0 Å². The number of carboxylic acids is 3. The maximum atomic E-state index is 10.6. The van der Waals surface area contributed by atoms with E-state index in [4.69, 9.17) is 15.3 Å². The van der Waals surface area contributed by atoms with Gasteiger partial charge in [0.2, 0.25) is 0 Å². The molecule has 1 rings (SSSR count). The second-order valence-electron chi connectivity index (χ2n) is 2.68. The summed E-state index contributed by atoms with van der Waals surface area (Å²) in [4.78, 5) is 31.8. The molecule has 0 saturated carbocycles. The second kappa shape index (κ2) is 5.64. The first-order valence-corrected chi connectivity index (χ1v) is 3.77. The van der Waals surface area contributed by atoms with E-state index in [0.717, 1.165) is 18.2 Å². The third-order valence-corrected chi connectivity index (χ3v) is 1.73. The Kier molecular flexibility index (Phi) is 5.16. The number of aromatic carboxylic acids is 3. The molecular weight excluding hydrogens is 227 g/mol. The maximum absolute atomic E-state index is 10.6. The Morgan fingerprint density at radius 3 is 1.69 bits per heavy atom. The quantitative estimate of drug-likeness (QED) is 0.641. The first kappa shape index (κ1) is 14.6. The molecule has 0 spiro atoms. The van der Waals surface area contributed by atoms with Crippen molar-refractivity contribution in [3.8, 4) is 0 Å². The van der Waals surface area contributed by atoms with Crippen LogP contribution in [0.5, 0.6) is 0 Å². The summed E-state index contributed by atoms with van der Waals surface area (Å²) in [5.41, 5.74) is -1.24. The van der Waals surface area contributed by atoms with E-state index in [-0.39, 0.29) is 35.1 Å². The van der Waals surface area contributed by atoms with Crippen molar-refractivity contribution in [1.29, 1.82) is 0 Å². The Bertz CT molecular complexity index is 453. The molecule has 16 heavy (non-hydrogen) atoms. The van der Waals surface area contributed by atoms with Crippen molar-refractivity contribution in [3.63, 3.8) is 0 Å². The van der Waals surface area contributed by atoms with Gasteiger partial charge in [0.1, 0.15) is 0 Å². The first-order chi connectivity index (χ1) is 6.93. The van der Waals surface area contributed by atoms with E-state index in [2.05, 4.69) is 0 Å². The number of hydrogen-bond donors (Lipinski definition) is 3. The van der Waals surface area contributed by atoms with Gasteiger partial charge in [0.25, 0.3) is 0 Å². The summed E-state index contributed by atoms with van der Waals surface area (Å²) in [6, 6.07) is 2.81. The molecule has 0 aromatic heterocycles. The van der Waals surface area contributed by atoms with Crippen LogP contribution in [0.3, 0.4) is 0 Å². The van der Waals surface area contributed by atoms with Gasteiger partial charge in [-0.2, -0.15) is 0 Å². The van der Waals surface area contributed by atoms with Gasteiger partial charge in [-0.25, -0.2) is 14.4 Å². The van der Waals surface area contributed by atoms with Gasteiger partial charge in [-0.05, 0) is 18.2 Å². The average Bonchev–Trinajstić information content (AvgIpc) is 2.16. The summed E-state index contributed by atoms with van der Waals surface area (Å²) in [6.45, 7) is 0. The van der Waals surface area contributed by atoms with Gasteiger partial charge in [0, 0.05) is 0 Å². The van der Waals surface area contributed by atoms with E-state index in [9.17, 15) is 14.4 Å². The minimum absolute atomic E-state index is 0. The van der Waals surface area contributed by atoms with Crippen LogP contribution in [0.25, 0.3) is 0 Å². The molecule has 3 N–H and O–H groups in total. The van der Waals surface area contributed by atoms with Crippen LogP contribution >= 0.6 is 0 Å². The van der Waals surface area contributed by atoms with Crippen LogP contribution in [0.1, 0.15) is 31.1 Å². The molecule has 1 aromatic rings. The number of rotatable bonds is 3. The monoisotopic (exact) mass is 234 g/mol. The molecule has 0 atom stereocenters. The van der Waals surface area contributed by atoms with Crippen LogP contribution in [-0.2, 0) is 0 Å². The standard InChI is InChI=1S/C9H6O6.Na.H/c10-7(11)4-1-2-5(8(12)13)6(3-4)9(14)15;;/h1-3H,(H,10,11)(H,12,13)(H,14,15);;. The summed E-state index contributed by atoms with van der Waals surface area (Å²) < 4.78 is 0. The number of hydrogen-bond acceptors (Lipinski definition) is 3. The van der Waals surface area contributed by atoms with E-state index < -0.39 is 29.0 Å². The van der Waals surface area contributed by atoms with E-state index >= 15 is 0 Å².